The van der Waals surface area contributed by atoms with Crippen LogP contribution in [-0.4, -0.2) is 10.2 Å². The number of hydrogen-bond donors (Lipinski definition) is 0. The lowest BCUT2D eigenvalue weighted by molar-refractivity contribution is 1.07. The van der Waals surface area contributed by atoms with Gasteiger partial charge < -0.3 is 0 Å². The van der Waals surface area contributed by atoms with Crippen LogP contribution in [0.5, 0.6) is 0 Å². The molecule has 66 valence electrons. The highest BCUT2D eigenvalue weighted by atomic mass is 127. The zero-order valence-corrected chi connectivity index (χ0v) is 12.7. The van der Waals surface area contributed by atoms with Crippen LogP contribution in [0.25, 0.3) is 10.9 Å². The van der Waals surface area contributed by atoms with Gasteiger partial charge in [-0.3, -0.25) is 0 Å². The largest absolute Gasteiger partial charge is 0.158 e. The van der Waals surface area contributed by atoms with Crippen LogP contribution in [0.2, 0.25) is 0 Å². The lowest BCUT2D eigenvalue weighted by Crippen LogP contribution is -1.91. The first-order valence-corrected chi connectivity index (χ1v) is 6.68. The highest BCUT2D eigenvalue weighted by Crippen LogP contribution is 2.27. The summed E-state index contributed by atoms with van der Waals surface area (Å²) in [4.78, 5) is 0. The molecule has 2 nitrogen and oxygen atoms in total. The van der Waals surface area contributed by atoms with Crippen LogP contribution in [0.3, 0.4) is 0 Å². The van der Waals surface area contributed by atoms with Crippen LogP contribution in [0.4, 0.5) is 0 Å². The predicted molar refractivity (Wildman–Crippen MR) is 77.7 cm³/mol. The second-order valence-electron chi connectivity index (χ2n) is 2.46. The van der Waals surface area contributed by atoms with E-state index in [1.807, 2.05) is 6.07 Å². The van der Waals surface area contributed by atoms with E-state index >= 15 is 0 Å². The summed E-state index contributed by atoms with van der Waals surface area (Å²) in [5, 5.41) is 9.16. The van der Waals surface area contributed by atoms with Crippen molar-refractivity contribution in [1.29, 1.82) is 0 Å². The number of nitrogens with zero attached hydrogens (tertiary/aromatic N) is 2. The van der Waals surface area contributed by atoms with Gasteiger partial charge in [0, 0.05) is 12.5 Å². The maximum absolute atomic E-state index is 4.12. The van der Waals surface area contributed by atoms with Gasteiger partial charge in [0.25, 0.3) is 0 Å². The topological polar surface area (TPSA) is 25.8 Å². The van der Waals surface area contributed by atoms with Crippen molar-refractivity contribution >= 4 is 78.7 Å². The molecular formula is C8H3I3N2. The maximum atomic E-state index is 4.12. The van der Waals surface area contributed by atoms with Gasteiger partial charge in [0.2, 0.25) is 0 Å². The smallest absolute Gasteiger partial charge is 0.107 e. The highest BCUT2D eigenvalue weighted by molar-refractivity contribution is 14.1. The van der Waals surface area contributed by atoms with Crippen LogP contribution in [0, 0.1) is 10.7 Å². The maximum Gasteiger partial charge on any atom is 0.107 e. The van der Waals surface area contributed by atoms with Crippen molar-refractivity contribution in [2.75, 3.05) is 0 Å². The van der Waals surface area contributed by atoms with E-state index in [0.717, 1.165) is 10.9 Å². The molecule has 0 aliphatic carbocycles. The minimum absolute atomic E-state index is 0.993. The zero-order valence-electron chi connectivity index (χ0n) is 6.26. The second-order valence-corrected chi connectivity index (χ2v) is 5.78. The molecule has 2 aromatic rings. The summed E-state index contributed by atoms with van der Waals surface area (Å²) in [7, 11) is 0. The van der Waals surface area contributed by atoms with Gasteiger partial charge in [-0.05, 0) is 79.9 Å². The lowest BCUT2D eigenvalue weighted by Gasteiger charge is -2.03. The van der Waals surface area contributed by atoms with Gasteiger partial charge >= 0.3 is 0 Å². The zero-order chi connectivity index (χ0) is 9.42. The summed E-state index contributed by atoms with van der Waals surface area (Å²) in [5.74, 6) is 0. The Hall–Kier alpha value is 0.750. The molecule has 0 unspecified atom stereocenters. The number of halogens is 3. The number of rotatable bonds is 0. The third-order valence-electron chi connectivity index (χ3n) is 1.64. The van der Waals surface area contributed by atoms with Crippen LogP contribution >= 0.6 is 67.8 Å². The van der Waals surface area contributed by atoms with Gasteiger partial charge in [-0.25, -0.2) is 0 Å². The molecule has 1 heterocycles. The van der Waals surface area contributed by atoms with Crippen molar-refractivity contribution in [3.05, 3.63) is 29.0 Å². The Morgan fingerprint density at radius 2 is 1.85 bits per heavy atom. The monoisotopic (exact) mass is 508 g/mol. The molecule has 0 saturated heterocycles. The van der Waals surface area contributed by atoms with Crippen LogP contribution in [-0.2, 0) is 0 Å². The Balaban J connectivity index is 2.94. The first kappa shape index (κ1) is 10.3. The van der Waals surface area contributed by atoms with E-state index in [1.165, 1.54) is 10.7 Å². The quantitative estimate of drug-likeness (QED) is 0.403. The van der Waals surface area contributed by atoms with E-state index in [2.05, 4.69) is 84.0 Å². The highest BCUT2D eigenvalue weighted by Gasteiger charge is 2.07. The molecule has 5 heteroatoms. The first-order chi connectivity index (χ1) is 6.20. The van der Waals surface area contributed by atoms with Crippen molar-refractivity contribution in [2.45, 2.75) is 0 Å². The van der Waals surface area contributed by atoms with Crippen molar-refractivity contribution in [2.24, 2.45) is 0 Å². The molecule has 1 aromatic heterocycles. The fourth-order valence-electron chi connectivity index (χ4n) is 1.04. The van der Waals surface area contributed by atoms with Crippen molar-refractivity contribution < 1.29 is 0 Å². The third-order valence-corrected chi connectivity index (χ3v) is 6.73. The molecule has 0 fully saturated rings. The van der Waals surface area contributed by atoms with Gasteiger partial charge in [0.05, 0.1) is 9.77 Å². The summed E-state index contributed by atoms with van der Waals surface area (Å²) in [6.07, 6.45) is 1.72. The molecule has 13 heavy (non-hydrogen) atoms. The van der Waals surface area contributed by atoms with Gasteiger partial charge in [-0.15, -0.1) is 5.10 Å². The number of benzene rings is 1. The summed E-state index contributed by atoms with van der Waals surface area (Å²) in [6.45, 7) is 0. The molecule has 0 aliphatic rings. The fraction of sp³-hybridized carbons (Fsp3) is 0. The molecule has 0 spiro atoms. The van der Waals surface area contributed by atoms with Gasteiger partial charge in [-0.2, -0.15) is 5.10 Å². The molecule has 0 atom stereocenters. The second kappa shape index (κ2) is 4.09. The molecule has 0 N–H and O–H groups in total. The number of aromatic nitrogens is 2. The van der Waals surface area contributed by atoms with Crippen molar-refractivity contribution in [3.63, 3.8) is 0 Å². The standard InChI is InChI=1S/C8H3I3N2/c9-5-3-4-1-2-12-13-8(4)7(11)6(5)10/h1-3H. The Morgan fingerprint density at radius 3 is 2.62 bits per heavy atom. The molecule has 0 radical (unpaired) electrons. The Bertz CT molecular complexity index is 470. The number of fused-ring (bicyclic) bond motifs is 1. The molecule has 2 rings (SSSR count). The summed E-state index contributed by atoms with van der Waals surface area (Å²) >= 11 is 6.99. The normalized spacial score (nSPS) is 10.7. The molecule has 0 amide bonds. The molecule has 0 saturated carbocycles. The average Bonchev–Trinajstić information content (AvgIpc) is 2.15. The SMILES string of the molecule is Ic1cc2ccnnc2c(I)c1I. The van der Waals surface area contributed by atoms with Crippen LogP contribution < -0.4 is 0 Å². The van der Waals surface area contributed by atoms with Gasteiger partial charge in [-0.1, -0.05) is 0 Å². The lowest BCUT2D eigenvalue weighted by atomic mass is 10.2. The first-order valence-electron chi connectivity index (χ1n) is 3.45. The summed E-state index contributed by atoms with van der Waals surface area (Å²) in [6, 6.07) is 4.12. The summed E-state index contributed by atoms with van der Waals surface area (Å²) < 4.78 is 3.71. The number of hydrogen-bond acceptors (Lipinski definition) is 2. The fourth-order valence-corrected chi connectivity index (χ4v) is 3.28. The van der Waals surface area contributed by atoms with E-state index in [1.54, 1.807) is 6.20 Å². The van der Waals surface area contributed by atoms with Crippen molar-refractivity contribution in [1.82, 2.24) is 10.2 Å². The van der Waals surface area contributed by atoms with E-state index in [9.17, 15) is 0 Å². The van der Waals surface area contributed by atoms with Crippen LogP contribution in [0.15, 0.2) is 18.3 Å². The minimum Gasteiger partial charge on any atom is -0.158 e. The molecule has 1 aromatic carbocycles. The van der Waals surface area contributed by atoms with E-state index in [0.29, 0.717) is 0 Å². The van der Waals surface area contributed by atoms with Crippen molar-refractivity contribution in [3.8, 4) is 0 Å². The van der Waals surface area contributed by atoms with Gasteiger partial charge in [0.15, 0.2) is 0 Å². The van der Waals surface area contributed by atoms with E-state index < -0.39 is 0 Å². The molecule has 0 aliphatic heterocycles. The third kappa shape index (κ3) is 1.91. The molecular weight excluding hydrogens is 505 g/mol. The Kier molecular flexibility index (Phi) is 3.23. The Labute approximate surface area is 116 Å². The minimum atomic E-state index is 0.993. The average molecular weight is 508 g/mol. The van der Waals surface area contributed by atoms with Gasteiger partial charge in [0.1, 0.15) is 5.52 Å². The summed E-state index contributed by atoms with van der Waals surface area (Å²) in [5.41, 5.74) is 0.993. The predicted octanol–water partition coefficient (Wildman–Crippen LogP) is 3.44. The van der Waals surface area contributed by atoms with E-state index in [-0.39, 0.29) is 0 Å². The molecule has 0 bridgehead atoms. The van der Waals surface area contributed by atoms with Crippen LogP contribution in [0.1, 0.15) is 0 Å². The Morgan fingerprint density at radius 1 is 1.08 bits per heavy atom. The van der Waals surface area contributed by atoms with E-state index in [4.69, 9.17) is 0 Å².